The molecule has 0 radical (unpaired) electrons. The van der Waals surface area contributed by atoms with E-state index in [2.05, 4.69) is 12.1 Å². The molecule has 0 fully saturated rings. The Hall–Kier alpha value is -1.39. The van der Waals surface area contributed by atoms with Crippen molar-refractivity contribution < 1.29 is 9.90 Å². The number of carbonyl (C=O) groups is 1. The molecule has 18 heavy (non-hydrogen) atoms. The van der Waals surface area contributed by atoms with Gasteiger partial charge in [-0.2, -0.15) is 0 Å². The van der Waals surface area contributed by atoms with Crippen LogP contribution >= 0.6 is 0 Å². The number of aliphatic hydroxyl groups is 1. The molecule has 0 spiro atoms. The van der Waals surface area contributed by atoms with Crippen LogP contribution in [0.2, 0.25) is 0 Å². The number of aliphatic hydroxyl groups excluding tert-OH is 1. The van der Waals surface area contributed by atoms with E-state index in [1.54, 1.807) is 11.9 Å². The summed E-state index contributed by atoms with van der Waals surface area (Å²) in [5.74, 6) is -0.197. The minimum atomic E-state index is -0.788. The lowest BCUT2D eigenvalue weighted by Gasteiger charge is -2.20. The van der Waals surface area contributed by atoms with Crippen LogP contribution in [-0.2, 0) is 11.2 Å². The van der Waals surface area contributed by atoms with Crippen molar-refractivity contribution in [2.24, 2.45) is 5.73 Å². The second-order valence-electron chi connectivity index (χ2n) is 4.49. The Labute approximate surface area is 108 Å². The van der Waals surface area contributed by atoms with Crippen molar-refractivity contribution in [3.8, 4) is 0 Å². The van der Waals surface area contributed by atoms with Crippen LogP contribution in [0.25, 0.3) is 0 Å². The zero-order valence-corrected chi connectivity index (χ0v) is 10.9. The third-order valence-corrected chi connectivity index (χ3v) is 2.94. The van der Waals surface area contributed by atoms with Crippen molar-refractivity contribution in [3.05, 3.63) is 35.9 Å². The van der Waals surface area contributed by atoms with E-state index in [0.717, 1.165) is 19.3 Å². The van der Waals surface area contributed by atoms with Gasteiger partial charge in [0.1, 0.15) is 6.04 Å². The van der Waals surface area contributed by atoms with Gasteiger partial charge in [-0.15, -0.1) is 0 Å². The number of carbonyl (C=O) groups excluding carboxylic acids is 1. The summed E-state index contributed by atoms with van der Waals surface area (Å²) in [6.07, 6.45) is 3.00. The van der Waals surface area contributed by atoms with Gasteiger partial charge >= 0.3 is 0 Å². The Kier molecular flexibility index (Phi) is 6.39. The largest absolute Gasteiger partial charge is 0.394 e. The first-order valence-corrected chi connectivity index (χ1v) is 6.30. The van der Waals surface area contributed by atoms with E-state index < -0.39 is 6.04 Å². The quantitative estimate of drug-likeness (QED) is 0.703. The van der Waals surface area contributed by atoms with Crippen molar-refractivity contribution in [3.63, 3.8) is 0 Å². The fourth-order valence-electron chi connectivity index (χ4n) is 1.79. The first kappa shape index (κ1) is 14.7. The highest BCUT2D eigenvalue weighted by molar-refractivity contribution is 5.81. The summed E-state index contributed by atoms with van der Waals surface area (Å²) in [6.45, 7) is 0.382. The first-order chi connectivity index (χ1) is 8.65. The number of likely N-dealkylation sites (N-methyl/N-ethyl adjacent to an activating group) is 1. The number of hydrogen-bond donors (Lipinski definition) is 2. The van der Waals surface area contributed by atoms with Gasteiger partial charge in [0.05, 0.1) is 6.61 Å². The van der Waals surface area contributed by atoms with Gasteiger partial charge < -0.3 is 15.7 Å². The molecule has 3 N–H and O–H groups in total. The summed E-state index contributed by atoms with van der Waals surface area (Å²) >= 11 is 0. The van der Waals surface area contributed by atoms with E-state index in [0.29, 0.717) is 6.54 Å². The van der Waals surface area contributed by atoms with Gasteiger partial charge in [0, 0.05) is 13.6 Å². The molecule has 1 aromatic rings. The number of hydrogen-bond acceptors (Lipinski definition) is 3. The number of benzene rings is 1. The van der Waals surface area contributed by atoms with Crippen molar-refractivity contribution in [2.75, 3.05) is 20.2 Å². The van der Waals surface area contributed by atoms with Crippen LogP contribution in [0.5, 0.6) is 0 Å². The van der Waals surface area contributed by atoms with Gasteiger partial charge in [0.25, 0.3) is 0 Å². The highest BCUT2D eigenvalue weighted by Crippen LogP contribution is 2.05. The smallest absolute Gasteiger partial charge is 0.241 e. The third-order valence-electron chi connectivity index (χ3n) is 2.94. The van der Waals surface area contributed by atoms with Crippen molar-refractivity contribution in [1.29, 1.82) is 0 Å². The van der Waals surface area contributed by atoms with E-state index in [1.165, 1.54) is 5.56 Å². The summed E-state index contributed by atoms with van der Waals surface area (Å²) in [6, 6.07) is 9.50. The molecule has 0 aliphatic rings. The highest BCUT2D eigenvalue weighted by Gasteiger charge is 2.16. The summed E-state index contributed by atoms with van der Waals surface area (Å²) in [5, 5.41) is 8.80. The lowest BCUT2D eigenvalue weighted by atomic mass is 10.1. The van der Waals surface area contributed by atoms with E-state index in [4.69, 9.17) is 10.8 Å². The van der Waals surface area contributed by atoms with Crippen LogP contribution < -0.4 is 5.73 Å². The van der Waals surface area contributed by atoms with Gasteiger partial charge in [-0.3, -0.25) is 4.79 Å². The van der Waals surface area contributed by atoms with Crippen LogP contribution in [0.3, 0.4) is 0 Å². The normalized spacial score (nSPS) is 12.2. The molecule has 0 saturated carbocycles. The van der Waals surface area contributed by atoms with E-state index in [-0.39, 0.29) is 12.5 Å². The number of amides is 1. The molecular weight excluding hydrogens is 228 g/mol. The van der Waals surface area contributed by atoms with Crippen LogP contribution in [0, 0.1) is 0 Å². The molecule has 1 aromatic carbocycles. The molecule has 100 valence electrons. The van der Waals surface area contributed by atoms with E-state index in [9.17, 15) is 4.79 Å². The number of nitrogens with two attached hydrogens (primary N) is 1. The number of aryl methyl sites for hydroxylation is 1. The maximum atomic E-state index is 11.6. The molecule has 0 aromatic heterocycles. The van der Waals surface area contributed by atoms with Gasteiger partial charge in [0.2, 0.25) is 5.91 Å². The Balaban J connectivity index is 2.20. The van der Waals surface area contributed by atoms with Crippen LogP contribution in [0.4, 0.5) is 0 Å². The molecule has 0 heterocycles. The Morgan fingerprint density at radius 1 is 1.33 bits per heavy atom. The Morgan fingerprint density at radius 3 is 2.61 bits per heavy atom. The Morgan fingerprint density at radius 2 is 2.00 bits per heavy atom. The molecule has 0 saturated heterocycles. The monoisotopic (exact) mass is 250 g/mol. The predicted octanol–water partition coefficient (Wildman–Crippen LogP) is 0.787. The fourth-order valence-corrected chi connectivity index (χ4v) is 1.79. The lowest BCUT2D eigenvalue weighted by molar-refractivity contribution is -0.132. The maximum Gasteiger partial charge on any atom is 0.241 e. The molecule has 1 amide bonds. The second-order valence-corrected chi connectivity index (χ2v) is 4.49. The SMILES string of the molecule is CN(CCCCc1ccccc1)C(=O)[C@H](N)CO. The molecule has 0 unspecified atom stereocenters. The van der Waals surface area contributed by atoms with Crippen LogP contribution in [0.1, 0.15) is 18.4 Å². The van der Waals surface area contributed by atoms with Crippen molar-refractivity contribution in [1.82, 2.24) is 4.90 Å². The lowest BCUT2D eigenvalue weighted by Crippen LogP contribution is -2.44. The van der Waals surface area contributed by atoms with Gasteiger partial charge in [0.15, 0.2) is 0 Å². The second kappa shape index (κ2) is 7.84. The summed E-state index contributed by atoms with van der Waals surface area (Å²) in [4.78, 5) is 13.2. The standard InChI is InChI=1S/C14H22N2O2/c1-16(14(18)13(15)11-17)10-6-5-9-12-7-3-2-4-8-12/h2-4,7-8,13,17H,5-6,9-11,15H2,1H3/t13-/m1/s1. The molecule has 0 bridgehead atoms. The minimum absolute atomic E-state index is 0.197. The van der Waals surface area contributed by atoms with Gasteiger partial charge in [-0.25, -0.2) is 0 Å². The van der Waals surface area contributed by atoms with Crippen LogP contribution in [0.15, 0.2) is 30.3 Å². The molecular formula is C14H22N2O2. The van der Waals surface area contributed by atoms with Gasteiger partial charge in [-0.05, 0) is 24.8 Å². The molecule has 4 heteroatoms. The molecule has 0 aliphatic carbocycles. The van der Waals surface area contributed by atoms with Crippen LogP contribution in [-0.4, -0.2) is 42.2 Å². The van der Waals surface area contributed by atoms with E-state index in [1.807, 2.05) is 18.2 Å². The topological polar surface area (TPSA) is 66.6 Å². The van der Waals surface area contributed by atoms with E-state index >= 15 is 0 Å². The molecule has 1 atom stereocenters. The first-order valence-electron chi connectivity index (χ1n) is 6.30. The fraction of sp³-hybridized carbons (Fsp3) is 0.500. The number of unbranched alkanes of at least 4 members (excludes halogenated alkanes) is 1. The Bertz CT molecular complexity index is 354. The molecule has 0 aliphatic heterocycles. The van der Waals surface area contributed by atoms with Crippen molar-refractivity contribution >= 4 is 5.91 Å². The summed E-state index contributed by atoms with van der Waals surface area (Å²) in [7, 11) is 1.72. The number of nitrogens with zero attached hydrogens (tertiary/aromatic N) is 1. The number of rotatable bonds is 7. The highest BCUT2D eigenvalue weighted by atomic mass is 16.3. The maximum absolute atomic E-state index is 11.6. The predicted molar refractivity (Wildman–Crippen MR) is 72.1 cm³/mol. The molecule has 4 nitrogen and oxygen atoms in total. The molecule has 1 rings (SSSR count). The average Bonchev–Trinajstić information content (AvgIpc) is 2.42. The van der Waals surface area contributed by atoms with Gasteiger partial charge in [-0.1, -0.05) is 30.3 Å². The van der Waals surface area contributed by atoms with Crippen molar-refractivity contribution in [2.45, 2.75) is 25.3 Å². The average molecular weight is 250 g/mol. The zero-order valence-electron chi connectivity index (χ0n) is 10.9. The summed E-state index contributed by atoms with van der Waals surface area (Å²) in [5.41, 5.74) is 6.79. The minimum Gasteiger partial charge on any atom is -0.394 e. The zero-order chi connectivity index (χ0) is 13.4. The summed E-state index contributed by atoms with van der Waals surface area (Å²) < 4.78 is 0. The third kappa shape index (κ3) is 4.85.